The lowest BCUT2D eigenvalue weighted by Crippen LogP contribution is -2.22. The summed E-state index contributed by atoms with van der Waals surface area (Å²) in [5, 5.41) is 26.8. The van der Waals surface area contributed by atoms with E-state index in [0.717, 1.165) is 4.57 Å². The van der Waals surface area contributed by atoms with Crippen LogP contribution in [0.4, 0.5) is 0 Å². The largest absolute Gasteiger partial charge is 0.493 e. The lowest BCUT2D eigenvalue weighted by molar-refractivity contribution is -0.137. The van der Waals surface area contributed by atoms with Crippen LogP contribution in [0.25, 0.3) is 0 Å². The Kier molecular flexibility index (Phi) is 3.30. The van der Waals surface area contributed by atoms with Gasteiger partial charge in [-0.25, -0.2) is 0 Å². The molecule has 0 fully saturated rings. The fourth-order valence-corrected chi connectivity index (χ4v) is 1.31. The maximum atomic E-state index is 11.4. The zero-order valence-electron chi connectivity index (χ0n) is 8.60. The highest BCUT2D eigenvalue weighted by Gasteiger charge is 2.12. The first-order chi connectivity index (χ1) is 7.47. The highest BCUT2D eigenvalue weighted by molar-refractivity contribution is 5.66. The van der Waals surface area contributed by atoms with Gasteiger partial charge in [0.1, 0.15) is 11.6 Å². The molecule has 0 aliphatic heterocycles. The van der Waals surface area contributed by atoms with Crippen molar-refractivity contribution in [2.45, 2.75) is 19.9 Å². The molecule has 6 nitrogen and oxygen atoms in total. The first-order valence-corrected chi connectivity index (χ1v) is 4.52. The van der Waals surface area contributed by atoms with Gasteiger partial charge in [-0.15, -0.1) is 0 Å². The van der Waals surface area contributed by atoms with Crippen LogP contribution in [0.5, 0.6) is 5.88 Å². The summed E-state index contributed by atoms with van der Waals surface area (Å²) in [7, 11) is 0. The van der Waals surface area contributed by atoms with Gasteiger partial charge in [0.05, 0.1) is 6.42 Å². The first-order valence-electron chi connectivity index (χ1n) is 4.52. The molecule has 0 spiro atoms. The molecule has 0 bridgehead atoms. The Hall–Kier alpha value is -2.29. The smallest absolute Gasteiger partial charge is 0.305 e. The molecular formula is C10H10N2O4. The van der Waals surface area contributed by atoms with Gasteiger partial charge in [-0.05, 0) is 12.5 Å². The molecule has 1 aromatic rings. The number of carbonyl (C=O) groups is 1. The lowest BCUT2D eigenvalue weighted by atomic mass is 10.1. The van der Waals surface area contributed by atoms with E-state index in [1.807, 2.05) is 0 Å². The van der Waals surface area contributed by atoms with Crippen LogP contribution in [0.1, 0.15) is 17.5 Å². The Labute approximate surface area is 91.0 Å². The average molecular weight is 222 g/mol. The van der Waals surface area contributed by atoms with Crippen molar-refractivity contribution < 1.29 is 15.0 Å². The van der Waals surface area contributed by atoms with E-state index in [2.05, 4.69) is 0 Å². The fourth-order valence-electron chi connectivity index (χ4n) is 1.31. The molecular weight excluding hydrogens is 212 g/mol. The minimum absolute atomic E-state index is 0.00927. The first kappa shape index (κ1) is 11.8. The van der Waals surface area contributed by atoms with Crippen LogP contribution in [0.2, 0.25) is 0 Å². The van der Waals surface area contributed by atoms with Crippen molar-refractivity contribution in [2.24, 2.45) is 0 Å². The van der Waals surface area contributed by atoms with Crippen LogP contribution in [-0.2, 0) is 11.3 Å². The Morgan fingerprint density at radius 2 is 2.25 bits per heavy atom. The van der Waals surface area contributed by atoms with Crippen molar-refractivity contribution in [1.29, 1.82) is 5.26 Å². The fraction of sp³-hybridized carbons (Fsp3) is 0.300. The number of aromatic hydroxyl groups is 1. The molecule has 84 valence electrons. The van der Waals surface area contributed by atoms with E-state index in [-0.39, 0.29) is 18.5 Å². The Bertz CT molecular complexity index is 525. The van der Waals surface area contributed by atoms with Gasteiger partial charge in [0.25, 0.3) is 5.56 Å². The van der Waals surface area contributed by atoms with Gasteiger partial charge in [-0.1, -0.05) is 0 Å². The lowest BCUT2D eigenvalue weighted by Gasteiger charge is -2.09. The normalized spacial score (nSPS) is 9.75. The molecule has 0 aliphatic rings. The zero-order valence-corrected chi connectivity index (χ0v) is 8.60. The SMILES string of the molecule is Cc1cc(=O)n(CCC(=O)O)c(O)c1C#N. The van der Waals surface area contributed by atoms with Crippen molar-refractivity contribution in [3.8, 4) is 11.9 Å². The van der Waals surface area contributed by atoms with Crippen molar-refractivity contribution in [2.75, 3.05) is 0 Å². The van der Waals surface area contributed by atoms with Crippen molar-refractivity contribution >= 4 is 5.97 Å². The summed E-state index contributed by atoms with van der Waals surface area (Å²) < 4.78 is 0.875. The summed E-state index contributed by atoms with van der Waals surface area (Å²) in [5.41, 5.74) is -0.156. The van der Waals surface area contributed by atoms with Crippen molar-refractivity contribution in [3.05, 3.63) is 27.5 Å². The number of hydrogen-bond acceptors (Lipinski definition) is 4. The topological polar surface area (TPSA) is 103 Å². The number of nitriles is 1. The molecule has 0 saturated heterocycles. The van der Waals surface area contributed by atoms with E-state index < -0.39 is 17.4 Å². The maximum Gasteiger partial charge on any atom is 0.305 e. The second kappa shape index (κ2) is 4.49. The summed E-state index contributed by atoms with van der Waals surface area (Å²) in [5.74, 6) is -1.56. The average Bonchev–Trinajstić information content (AvgIpc) is 2.16. The summed E-state index contributed by atoms with van der Waals surface area (Å²) in [4.78, 5) is 21.8. The van der Waals surface area contributed by atoms with Crippen LogP contribution < -0.4 is 5.56 Å². The number of aryl methyl sites for hydroxylation is 1. The van der Waals surface area contributed by atoms with Gasteiger partial charge >= 0.3 is 5.97 Å². The number of aliphatic carboxylic acids is 1. The number of pyridine rings is 1. The summed E-state index contributed by atoms with van der Waals surface area (Å²) in [6.07, 6.45) is -0.290. The monoisotopic (exact) mass is 222 g/mol. The van der Waals surface area contributed by atoms with Gasteiger partial charge in [0.2, 0.25) is 5.88 Å². The molecule has 0 saturated carbocycles. The van der Waals surface area contributed by atoms with Crippen LogP contribution in [0.15, 0.2) is 10.9 Å². The minimum atomic E-state index is -1.08. The Balaban J connectivity index is 3.25. The molecule has 0 radical (unpaired) electrons. The molecule has 16 heavy (non-hydrogen) atoms. The van der Waals surface area contributed by atoms with Gasteiger partial charge < -0.3 is 10.2 Å². The number of rotatable bonds is 3. The second-order valence-electron chi connectivity index (χ2n) is 3.27. The molecule has 1 aromatic heterocycles. The standard InChI is InChI=1S/C10H10N2O4/c1-6-4-8(13)12(3-2-9(14)15)10(16)7(6)5-11/h4,16H,2-3H2,1H3,(H,14,15). The van der Waals surface area contributed by atoms with Crippen LogP contribution in [0.3, 0.4) is 0 Å². The third-order valence-corrected chi connectivity index (χ3v) is 2.14. The summed E-state index contributed by atoms with van der Waals surface area (Å²) in [6.45, 7) is 1.37. The molecule has 1 heterocycles. The van der Waals surface area contributed by atoms with E-state index in [1.165, 1.54) is 13.0 Å². The van der Waals surface area contributed by atoms with E-state index in [4.69, 9.17) is 10.4 Å². The Morgan fingerprint density at radius 3 is 2.75 bits per heavy atom. The van der Waals surface area contributed by atoms with Gasteiger partial charge in [0, 0.05) is 12.6 Å². The zero-order chi connectivity index (χ0) is 12.3. The molecule has 1 rings (SSSR count). The predicted molar refractivity (Wildman–Crippen MR) is 54.1 cm³/mol. The molecule has 0 amide bonds. The molecule has 6 heteroatoms. The number of carboxylic acid groups (broad SMARTS) is 1. The van der Waals surface area contributed by atoms with Gasteiger partial charge in [0.15, 0.2) is 0 Å². The molecule has 2 N–H and O–H groups in total. The molecule has 0 aliphatic carbocycles. The van der Waals surface area contributed by atoms with E-state index in [0.29, 0.717) is 5.56 Å². The minimum Gasteiger partial charge on any atom is -0.493 e. The van der Waals surface area contributed by atoms with Crippen LogP contribution in [-0.4, -0.2) is 20.7 Å². The van der Waals surface area contributed by atoms with Gasteiger partial charge in [-0.2, -0.15) is 5.26 Å². The van der Waals surface area contributed by atoms with E-state index in [1.54, 1.807) is 6.07 Å². The number of aromatic nitrogens is 1. The van der Waals surface area contributed by atoms with Crippen molar-refractivity contribution in [1.82, 2.24) is 4.57 Å². The number of hydrogen-bond donors (Lipinski definition) is 2. The second-order valence-corrected chi connectivity index (χ2v) is 3.27. The third-order valence-electron chi connectivity index (χ3n) is 2.14. The maximum absolute atomic E-state index is 11.4. The van der Waals surface area contributed by atoms with Crippen LogP contribution in [0, 0.1) is 18.3 Å². The third kappa shape index (κ3) is 2.20. The van der Waals surface area contributed by atoms with Crippen LogP contribution >= 0.6 is 0 Å². The quantitative estimate of drug-likeness (QED) is 0.760. The van der Waals surface area contributed by atoms with E-state index in [9.17, 15) is 14.7 Å². The highest BCUT2D eigenvalue weighted by atomic mass is 16.4. The predicted octanol–water partition coefficient (Wildman–Crippen LogP) is 0.209. The molecule has 0 atom stereocenters. The summed E-state index contributed by atoms with van der Waals surface area (Å²) >= 11 is 0. The van der Waals surface area contributed by atoms with Gasteiger partial charge in [-0.3, -0.25) is 14.2 Å². The van der Waals surface area contributed by atoms with Crippen molar-refractivity contribution in [3.63, 3.8) is 0 Å². The Morgan fingerprint density at radius 1 is 1.62 bits per heavy atom. The highest BCUT2D eigenvalue weighted by Crippen LogP contribution is 2.17. The number of carboxylic acids is 1. The molecule has 0 unspecified atom stereocenters. The summed E-state index contributed by atoms with van der Waals surface area (Å²) in [6, 6.07) is 2.96. The number of nitrogens with zero attached hydrogens (tertiary/aromatic N) is 2. The van der Waals surface area contributed by atoms with E-state index >= 15 is 0 Å². The molecule has 0 aromatic carbocycles.